The van der Waals surface area contributed by atoms with Crippen molar-refractivity contribution in [3.05, 3.63) is 23.8 Å². The van der Waals surface area contributed by atoms with Crippen LogP contribution in [0.2, 0.25) is 0 Å². The Morgan fingerprint density at radius 1 is 1.56 bits per heavy atom. The molecule has 0 saturated carbocycles. The first-order valence-corrected chi connectivity index (χ1v) is 6.17. The molecular weight excluding hydrogens is 226 g/mol. The number of carboxylic acid groups (broad SMARTS) is 1. The highest BCUT2D eigenvalue weighted by atomic mass is 32.2. The minimum atomic E-state index is -0.931. The van der Waals surface area contributed by atoms with Crippen LogP contribution >= 0.6 is 11.8 Å². The number of fused-ring (bicyclic) bond motifs is 1. The Morgan fingerprint density at radius 2 is 2.38 bits per heavy atom. The van der Waals surface area contributed by atoms with Gasteiger partial charge in [-0.1, -0.05) is 5.21 Å². The fourth-order valence-electron chi connectivity index (χ4n) is 1.44. The van der Waals surface area contributed by atoms with E-state index in [0.29, 0.717) is 0 Å². The molecule has 0 unspecified atom stereocenters. The quantitative estimate of drug-likeness (QED) is 0.872. The summed E-state index contributed by atoms with van der Waals surface area (Å²) in [6.07, 6.45) is 2.02. The van der Waals surface area contributed by atoms with Crippen LogP contribution in [0, 0.1) is 0 Å². The van der Waals surface area contributed by atoms with Gasteiger partial charge in [0.15, 0.2) is 0 Å². The summed E-state index contributed by atoms with van der Waals surface area (Å²) in [5, 5.41) is 16.9. The molecule has 0 bridgehead atoms. The highest BCUT2D eigenvalue weighted by Gasteiger charge is 2.08. The van der Waals surface area contributed by atoms with Gasteiger partial charge >= 0.3 is 5.97 Å². The molecule has 0 radical (unpaired) electrons. The molecule has 0 atom stereocenters. The Bertz CT molecular complexity index is 524. The topological polar surface area (TPSA) is 68.0 Å². The number of aryl methyl sites for hydroxylation is 1. The number of carbonyl (C=O) groups is 1. The lowest BCUT2D eigenvalue weighted by molar-refractivity contribution is 0.0697. The summed E-state index contributed by atoms with van der Waals surface area (Å²) in [4.78, 5) is 10.8. The van der Waals surface area contributed by atoms with Gasteiger partial charge < -0.3 is 5.11 Å². The molecular formula is C10H11N3O2S. The SMILES string of the molecule is CSCCn1nnc2ccc(C(=O)O)cc21. The maximum atomic E-state index is 10.8. The van der Waals surface area contributed by atoms with Crippen LogP contribution in [0.25, 0.3) is 11.0 Å². The molecule has 0 fully saturated rings. The number of aromatic carboxylic acids is 1. The van der Waals surface area contributed by atoms with Crippen molar-refractivity contribution in [3.8, 4) is 0 Å². The average Bonchev–Trinajstić information content (AvgIpc) is 2.68. The van der Waals surface area contributed by atoms with E-state index in [2.05, 4.69) is 10.3 Å². The zero-order chi connectivity index (χ0) is 11.5. The van der Waals surface area contributed by atoms with Crippen LogP contribution in [0.3, 0.4) is 0 Å². The summed E-state index contributed by atoms with van der Waals surface area (Å²) in [5.74, 6) is -0.00465. The highest BCUT2D eigenvalue weighted by molar-refractivity contribution is 7.98. The molecule has 0 aliphatic carbocycles. The fourth-order valence-corrected chi connectivity index (χ4v) is 1.80. The normalized spacial score (nSPS) is 10.8. The van der Waals surface area contributed by atoms with E-state index < -0.39 is 5.97 Å². The third-order valence-corrected chi connectivity index (χ3v) is 2.86. The molecule has 1 N–H and O–H groups in total. The number of nitrogens with zero attached hydrogens (tertiary/aromatic N) is 3. The Hall–Kier alpha value is -1.56. The predicted octanol–water partition coefficient (Wildman–Crippen LogP) is 1.49. The van der Waals surface area contributed by atoms with Crippen LogP contribution in [0.5, 0.6) is 0 Å². The second-order valence-electron chi connectivity index (χ2n) is 3.31. The minimum absolute atomic E-state index is 0.264. The van der Waals surface area contributed by atoms with Crippen LogP contribution in [0.1, 0.15) is 10.4 Å². The molecule has 2 aromatic rings. The van der Waals surface area contributed by atoms with Gasteiger partial charge in [-0.05, 0) is 24.5 Å². The monoisotopic (exact) mass is 237 g/mol. The number of carboxylic acids is 1. The molecule has 1 heterocycles. The zero-order valence-electron chi connectivity index (χ0n) is 8.75. The highest BCUT2D eigenvalue weighted by Crippen LogP contribution is 2.14. The lowest BCUT2D eigenvalue weighted by Crippen LogP contribution is -2.03. The molecule has 1 aromatic heterocycles. The lowest BCUT2D eigenvalue weighted by atomic mass is 10.2. The van der Waals surface area contributed by atoms with E-state index in [9.17, 15) is 4.79 Å². The first-order chi connectivity index (χ1) is 7.72. The Labute approximate surface area is 96.4 Å². The van der Waals surface area contributed by atoms with Crippen molar-refractivity contribution in [1.29, 1.82) is 0 Å². The van der Waals surface area contributed by atoms with Crippen molar-refractivity contribution >= 4 is 28.8 Å². The van der Waals surface area contributed by atoms with Gasteiger partial charge in [-0.2, -0.15) is 11.8 Å². The fraction of sp³-hybridized carbons (Fsp3) is 0.300. The minimum Gasteiger partial charge on any atom is -0.478 e. The molecule has 6 heteroatoms. The number of hydrogen-bond donors (Lipinski definition) is 1. The van der Waals surface area contributed by atoms with Gasteiger partial charge in [-0.25, -0.2) is 9.48 Å². The van der Waals surface area contributed by atoms with Gasteiger partial charge in [0.1, 0.15) is 5.52 Å². The first-order valence-electron chi connectivity index (χ1n) is 4.78. The van der Waals surface area contributed by atoms with Crippen molar-refractivity contribution in [3.63, 3.8) is 0 Å². The van der Waals surface area contributed by atoms with Gasteiger partial charge in [0.2, 0.25) is 0 Å². The van der Waals surface area contributed by atoms with Crippen LogP contribution in [-0.4, -0.2) is 38.1 Å². The summed E-state index contributed by atoms with van der Waals surface area (Å²) in [5.41, 5.74) is 1.76. The van der Waals surface area contributed by atoms with Crippen molar-refractivity contribution in [2.75, 3.05) is 12.0 Å². The summed E-state index contributed by atoms with van der Waals surface area (Å²) in [6, 6.07) is 4.83. The summed E-state index contributed by atoms with van der Waals surface area (Å²) in [6.45, 7) is 0.737. The molecule has 2 rings (SSSR count). The number of thioether (sulfide) groups is 1. The van der Waals surface area contributed by atoms with Crippen LogP contribution in [0.15, 0.2) is 18.2 Å². The van der Waals surface area contributed by atoms with Gasteiger partial charge in [-0.15, -0.1) is 5.10 Å². The molecule has 1 aromatic carbocycles. The largest absolute Gasteiger partial charge is 0.478 e. The smallest absolute Gasteiger partial charge is 0.335 e. The summed E-state index contributed by atoms with van der Waals surface area (Å²) >= 11 is 1.71. The maximum Gasteiger partial charge on any atom is 0.335 e. The zero-order valence-corrected chi connectivity index (χ0v) is 9.57. The molecule has 0 aliphatic rings. The third kappa shape index (κ3) is 2.01. The van der Waals surface area contributed by atoms with Crippen molar-refractivity contribution < 1.29 is 9.90 Å². The van der Waals surface area contributed by atoms with Crippen molar-refractivity contribution in [1.82, 2.24) is 15.0 Å². The molecule has 5 nitrogen and oxygen atoms in total. The van der Waals surface area contributed by atoms with Crippen molar-refractivity contribution in [2.45, 2.75) is 6.54 Å². The number of benzene rings is 1. The Kier molecular flexibility index (Phi) is 3.09. The van der Waals surface area contributed by atoms with Gasteiger partial charge in [0.05, 0.1) is 17.6 Å². The van der Waals surface area contributed by atoms with Crippen molar-refractivity contribution in [2.24, 2.45) is 0 Å². The van der Waals surface area contributed by atoms with E-state index in [4.69, 9.17) is 5.11 Å². The summed E-state index contributed by atoms with van der Waals surface area (Å²) < 4.78 is 1.73. The summed E-state index contributed by atoms with van der Waals surface area (Å²) in [7, 11) is 0. The predicted molar refractivity (Wildman–Crippen MR) is 62.9 cm³/mol. The molecule has 0 spiro atoms. The molecule has 0 amide bonds. The van der Waals surface area contributed by atoms with E-state index >= 15 is 0 Å². The standard InChI is InChI=1S/C10H11N3O2S/c1-16-5-4-13-9-6-7(10(14)15)2-3-8(9)11-12-13/h2-3,6H,4-5H2,1H3,(H,14,15). The van der Waals surface area contributed by atoms with Crippen LogP contribution < -0.4 is 0 Å². The molecule has 16 heavy (non-hydrogen) atoms. The van der Waals surface area contributed by atoms with E-state index in [1.165, 1.54) is 6.07 Å². The Balaban J connectivity index is 2.43. The van der Waals surface area contributed by atoms with Gasteiger partial charge in [0, 0.05) is 5.75 Å². The first kappa shape index (κ1) is 10.9. The number of hydrogen-bond acceptors (Lipinski definition) is 4. The van der Waals surface area contributed by atoms with Crippen LogP contribution in [0.4, 0.5) is 0 Å². The van der Waals surface area contributed by atoms with Gasteiger partial charge in [-0.3, -0.25) is 0 Å². The lowest BCUT2D eigenvalue weighted by Gasteiger charge is -2.00. The second-order valence-corrected chi connectivity index (χ2v) is 4.30. The van der Waals surface area contributed by atoms with Crippen LogP contribution in [-0.2, 0) is 6.54 Å². The molecule has 0 aliphatic heterocycles. The van der Waals surface area contributed by atoms with E-state index in [0.717, 1.165) is 23.3 Å². The van der Waals surface area contributed by atoms with E-state index in [-0.39, 0.29) is 5.56 Å². The van der Waals surface area contributed by atoms with E-state index in [1.807, 2.05) is 6.26 Å². The van der Waals surface area contributed by atoms with E-state index in [1.54, 1.807) is 28.6 Å². The Morgan fingerprint density at radius 3 is 3.06 bits per heavy atom. The number of aromatic nitrogens is 3. The van der Waals surface area contributed by atoms with Gasteiger partial charge in [0.25, 0.3) is 0 Å². The average molecular weight is 237 g/mol. The third-order valence-electron chi connectivity index (χ3n) is 2.27. The molecule has 0 saturated heterocycles. The molecule has 84 valence electrons. The number of rotatable bonds is 4. The second kappa shape index (κ2) is 4.52. The maximum absolute atomic E-state index is 10.8.